The standard InChI is InChI=1S/C20H12ClFN2O2/c21-13-8-9-18-17(11-13)24-20(26-18)12-4-3-5-14(10-12)23-19(25)15-6-1-2-7-16(15)22/h1-11H,(H,23,25). The first kappa shape index (κ1) is 16.3. The Morgan fingerprint density at radius 1 is 1.04 bits per heavy atom. The zero-order chi connectivity index (χ0) is 18.1. The summed E-state index contributed by atoms with van der Waals surface area (Å²) in [4.78, 5) is 16.7. The highest BCUT2D eigenvalue weighted by molar-refractivity contribution is 6.31. The summed E-state index contributed by atoms with van der Waals surface area (Å²) in [5.41, 5.74) is 2.44. The average Bonchev–Trinajstić information content (AvgIpc) is 3.05. The third-order valence-corrected chi connectivity index (χ3v) is 4.07. The van der Waals surface area contributed by atoms with Gasteiger partial charge in [-0.25, -0.2) is 9.37 Å². The summed E-state index contributed by atoms with van der Waals surface area (Å²) < 4.78 is 19.5. The summed E-state index contributed by atoms with van der Waals surface area (Å²) in [6.07, 6.45) is 0. The number of aromatic nitrogens is 1. The molecule has 0 aliphatic rings. The van der Waals surface area contributed by atoms with Crippen LogP contribution in [-0.4, -0.2) is 10.9 Å². The lowest BCUT2D eigenvalue weighted by molar-refractivity contribution is 0.102. The Hall–Kier alpha value is -3.18. The number of oxazole rings is 1. The van der Waals surface area contributed by atoms with Crippen molar-refractivity contribution < 1.29 is 13.6 Å². The third kappa shape index (κ3) is 3.17. The quantitative estimate of drug-likeness (QED) is 0.518. The van der Waals surface area contributed by atoms with E-state index in [0.717, 1.165) is 0 Å². The van der Waals surface area contributed by atoms with Crippen LogP contribution in [0.1, 0.15) is 10.4 Å². The molecular weight excluding hydrogens is 355 g/mol. The summed E-state index contributed by atoms with van der Waals surface area (Å²) >= 11 is 5.97. The first-order chi connectivity index (χ1) is 12.6. The minimum Gasteiger partial charge on any atom is -0.436 e. The average molecular weight is 367 g/mol. The number of carbonyl (C=O) groups excluding carboxylic acids is 1. The smallest absolute Gasteiger partial charge is 0.258 e. The van der Waals surface area contributed by atoms with Crippen molar-refractivity contribution in [1.82, 2.24) is 4.98 Å². The van der Waals surface area contributed by atoms with Gasteiger partial charge in [-0.15, -0.1) is 0 Å². The van der Waals surface area contributed by atoms with Gasteiger partial charge in [0, 0.05) is 16.3 Å². The predicted molar refractivity (Wildman–Crippen MR) is 98.8 cm³/mol. The van der Waals surface area contributed by atoms with E-state index in [1.165, 1.54) is 18.2 Å². The first-order valence-electron chi connectivity index (χ1n) is 7.82. The molecule has 4 rings (SSSR count). The van der Waals surface area contributed by atoms with Crippen molar-refractivity contribution >= 4 is 34.3 Å². The topological polar surface area (TPSA) is 55.1 Å². The van der Waals surface area contributed by atoms with Crippen LogP contribution < -0.4 is 5.32 Å². The number of hydrogen-bond acceptors (Lipinski definition) is 3. The van der Waals surface area contributed by atoms with Crippen molar-refractivity contribution in [3.8, 4) is 11.5 Å². The molecule has 1 amide bonds. The van der Waals surface area contributed by atoms with Crippen LogP contribution in [-0.2, 0) is 0 Å². The van der Waals surface area contributed by atoms with Crippen LogP contribution in [0.2, 0.25) is 5.02 Å². The van der Waals surface area contributed by atoms with Gasteiger partial charge in [0.25, 0.3) is 5.91 Å². The first-order valence-corrected chi connectivity index (χ1v) is 8.20. The predicted octanol–water partition coefficient (Wildman–Crippen LogP) is 5.54. The molecule has 0 saturated carbocycles. The van der Waals surface area contributed by atoms with Crippen LogP contribution >= 0.6 is 11.6 Å². The Morgan fingerprint density at radius 3 is 2.73 bits per heavy atom. The molecule has 4 nitrogen and oxygen atoms in total. The van der Waals surface area contributed by atoms with Crippen LogP contribution in [0.25, 0.3) is 22.6 Å². The van der Waals surface area contributed by atoms with Crippen LogP contribution in [0, 0.1) is 5.82 Å². The molecule has 0 aliphatic heterocycles. The van der Waals surface area contributed by atoms with Crippen LogP contribution in [0.4, 0.5) is 10.1 Å². The number of halogens is 2. The van der Waals surface area contributed by atoms with Gasteiger partial charge in [0.15, 0.2) is 5.58 Å². The fraction of sp³-hybridized carbons (Fsp3) is 0. The molecule has 1 aromatic heterocycles. The van der Waals surface area contributed by atoms with E-state index in [2.05, 4.69) is 10.3 Å². The van der Waals surface area contributed by atoms with Crippen LogP contribution in [0.5, 0.6) is 0 Å². The lowest BCUT2D eigenvalue weighted by atomic mass is 10.1. The number of nitrogens with one attached hydrogen (secondary N) is 1. The highest BCUT2D eigenvalue weighted by Gasteiger charge is 2.13. The second-order valence-corrected chi connectivity index (χ2v) is 6.08. The van der Waals surface area contributed by atoms with Gasteiger partial charge in [-0.1, -0.05) is 29.8 Å². The number of carbonyl (C=O) groups is 1. The molecule has 0 saturated heterocycles. The summed E-state index contributed by atoms with van der Waals surface area (Å²) in [6.45, 7) is 0. The molecule has 4 aromatic rings. The van der Waals surface area contributed by atoms with Crippen molar-refractivity contribution in [3.05, 3.63) is 83.1 Å². The number of benzene rings is 3. The second-order valence-electron chi connectivity index (χ2n) is 5.65. The SMILES string of the molecule is O=C(Nc1cccc(-c2nc3cc(Cl)ccc3o2)c1)c1ccccc1F. The maximum atomic E-state index is 13.7. The molecule has 0 unspecified atom stereocenters. The summed E-state index contributed by atoms with van der Waals surface area (Å²) in [7, 11) is 0. The normalized spacial score (nSPS) is 10.8. The molecular formula is C20H12ClFN2O2. The fourth-order valence-corrected chi connectivity index (χ4v) is 2.76. The molecule has 6 heteroatoms. The van der Waals surface area contributed by atoms with Gasteiger partial charge >= 0.3 is 0 Å². The summed E-state index contributed by atoms with van der Waals surface area (Å²) in [5, 5.41) is 3.26. The number of amides is 1. The van der Waals surface area contributed by atoms with E-state index in [-0.39, 0.29) is 5.56 Å². The van der Waals surface area contributed by atoms with Gasteiger partial charge in [0.1, 0.15) is 11.3 Å². The number of rotatable bonds is 3. The number of hydrogen-bond donors (Lipinski definition) is 1. The molecule has 1 heterocycles. The van der Waals surface area contributed by atoms with Crippen LogP contribution in [0.15, 0.2) is 71.1 Å². The highest BCUT2D eigenvalue weighted by Crippen LogP contribution is 2.27. The minimum atomic E-state index is -0.572. The molecule has 26 heavy (non-hydrogen) atoms. The minimum absolute atomic E-state index is 0.0191. The highest BCUT2D eigenvalue weighted by atomic mass is 35.5. The largest absolute Gasteiger partial charge is 0.436 e. The monoisotopic (exact) mass is 366 g/mol. The second kappa shape index (κ2) is 6.61. The van der Waals surface area contributed by atoms with E-state index in [9.17, 15) is 9.18 Å². The Balaban J connectivity index is 1.64. The molecule has 0 radical (unpaired) electrons. The van der Waals surface area contributed by atoms with E-state index >= 15 is 0 Å². The van der Waals surface area contributed by atoms with E-state index in [1.54, 1.807) is 42.5 Å². The van der Waals surface area contributed by atoms with E-state index in [4.69, 9.17) is 16.0 Å². The van der Waals surface area contributed by atoms with E-state index < -0.39 is 11.7 Å². The van der Waals surface area contributed by atoms with Crippen LogP contribution in [0.3, 0.4) is 0 Å². The van der Waals surface area contributed by atoms with Gasteiger partial charge in [0.2, 0.25) is 5.89 Å². The van der Waals surface area contributed by atoms with Gasteiger partial charge < -0.3 is 9.73 Å². The molecule has 1 N–H and O–H groups in total. The molecule has 0 aliphatic carbocycles. The zero-order valence-corrected chi connectivity index (χ0v) is 14.1. The Kier molecular flexibility index (Phi) is 4.14. The third-order valence-electron chi connectivity index (χ3n) is 3.84. The molecule has 0 spiro atoms. The van der Waals surface area contributed by atoms with Gasteiger partial charge in [-0.3, -0.25) is 4.79 Å². The van der Waals surface area contributed by atoms with Crippen molar-refractivity contribution in [2.75, 3.05) is 5.32 Å². The molecule has 0 fully saturated rings. The Bertz CT molecular complexity index is 1120. The molecule has 0 bridgehead atoms. The molecule has 3 aromatic carbocycles. The fourth-order valence-electron chi connectivity index (χ4n) is 2.60. The Morgan fingerprint density at radius 2 is 1.88 bits per heavy atom. The number of anilines is 1. The van der Waals surface area contributed by atoms with E-state index in [1.807, 2.05) is 6.07 Å². The van der Waals surface area contributed by atoms with Crippen molar-refractivity contribution in [1.29, 1.82) is 0 Å². The maximum absolute atomic E-state index is 13.7. The molecule has 128 valence electrons. The van der Waals surface area contributed by atoms with Crippen molar-refractivity contribution in [2.45, 2.75) is 0 Å². The lowest BCUT2D eigenvalue weighted by Gasteiger charge is -2.07. The van der Waals surface area contributed by atoms with Gasteiger partial charge in [0.05, 0.1) is 5.56 Å². The van der Waals surface area contributed by atoms with Crippen molar-refractivity contribution in [2.24, 2.45) is 0 Å². The maximum Gasteiger partial charge on any atom is 0.258 e. The summed E-state index contributed by atoms with van der Waals surface area (Å²) in [5.74, 6) is -0.689. The number of nitrogens with zero attached hydrogens (tertiary/aromatic N) is 1. The zero-order valence-electron chi connectivity index (χ0n) is 13.4. The van der Waals surface area contributed by atoms with Gasteiger partial charge in [-0.2, -0.15) is 0 Å². The number of fused-ring (bicyclic) bond motifs is 1. The molecule has 0 atom stereocenters. The Labute approximate surface area is 153 Å². The van der Waals surface area contributed by atoms with Gasteiger partial charge in [-0.05, 0) is 48.5 Å². The summed E-state index contributed by atoms with van der Waals surface area (Å²) in [6, 6.07) is 18.0. The lowest BCUT2D eigenvalue weighted by Crippen LogP contribution is -2.13. The van der Waals surface area contributed by atoms with E-state index in [0.29, 0.717) is 33.3 Å². The van der Waals surface area contributed by atoms with Crippen molar-refractivity contribution in [3.63, 3.8) is 0 Å².